The number of benzene rings is 1. The van der Waals surface area contributed by atoms with Gasteiger partial charge in [0, 0.05) is 12.0 Å². The molecule has 0 spiro atoms. The number of aryl methyl sites for hydroxylation is 2. The first-order valence-electron chi connectivity index (χ1n) is 7.73. The summed E-state index contributed by atoms with van der Waals surface area (Å²) in [6, 6.07) is 6.99. The zero-order valence-corrected chi connectivity index (χ0v) is 13.6. The highest BCUT2D eigenvalue weighted by Gasteiger charge is 2.28. The molecule has 0 heterocycles. The standard InChI is InChI=1S/C18H31N/c1-7-18(8-2,13-19-12-14(3)4)17-10-9-15(5)16(6)11-17/h9-11,14,19H,7-8,12-13H2,1-6H3. The highest BCUT2D eigenvalue weighted by atomic mass is 14.9. The molecular weight excluding hydrogens is 230 g/mol. The number of hydrogen-bond donors (Lipinski definition) is 1. The van der Waals surface area contributed by atoms with Crippen molar-refractivity contribution in [2.24, 2.45) is 5.92 Å². The van der Waals surface area contributed by atoms with E-state index in [2.05, 4.69) is 65.1 Å². The minimum Gasteiger partial charge on any atom is -0.316 e. The first-order chi connectivity index (χ1) is 8.95. The van der Waals surface area contributed by atoms with Crippen molar-refractivity contribution < 1.29 is 0 Å². The molecule has 0 unspecified atom stereocenters. The number of rotatable bonds is 7. The molecule has 0 aliphatic heterocycles. The van der Waals surface area contributed by atoms with E-state index in [1.54, 1.807) is 0 Å². The van der Waals surface area contributed by atoms with Crippen molar-refractivity contribution in [2.75, 3.05) is 13.1 Å². The van der Waals surface area contributed by atoms with Crippen LogP contribution in [-0.4, -0.2) is 13.1 Å². The lowest BCUT2D eigenvalue weighted by Gasteiger charge is -2.33. The topological polar surface area (TPSA) is 12.0 Å². The molecular formula is C18H31N. The number of hydrogen-bond acceptors (Lipinski definition) is 1. The van der Waals surface area contributed by atoms with Gasteiger partial charge in [0.1, 0.15) is 0 Å². The molecule has 1 aromatic carbocycles. The van der Waals surface area contributed by atoms with E-state index in [0.717, 1.165) is 13.1 Å². The van der Waals surface area contributed by atoms with Crippen molar-refractivity contribution in [1.82, 2.24) is 5.32 Å². The quantitative estimate of drug-likeness (QED) is 0.756. The summed E-state index contributed by atoms with van der Waals surface area (Å²) in [5.41, 5.74) is 4.58. The minimum absolute atomic E-state index is 0.285. The Morgan fingerprint density at radius 3 is 2.16 bits per heavy atom. The molecule has 0 saturated carbocycles. The largest absolute Gasteiger partial charge is 0.316 e. The lowest BCUT2D eigenvalue weighted by molar-refractivity contribution is 0.358. The molecule has 0 fully saturated rings. The van der Waals surface area contributed by atoms with Crippen LogP contribution in [0.15, 0.2) is 18.2 Å². The molecule has 0 atom stereocenters. The van der Waals surface area contributed by atoms with Gasteiger partial charge in [-0.25, -0.2) is 0 Å². The van der Waals surface area contributed by atoms with Gasteiger partial charge in [0.25, 0.3) is 0 Å². The van der Waals surface area contributed by atoms with Crippen LogP contribution in [0.2, 0.25) is 0 Å². The van der Waals surface area contributed by atoms with Crippen molar-refractivity contribution in [3.63, 3.8) is 0 Å². The molecule has 0 aliphatic rings. The third-order valence-corrected chi connectivity index (χ3v) is 4.49. The van der Waals surface area contributed by atoms with Crippen molar-refractivity contribution in [2.45, 2.75) is 59.8 Å². The van der Waals surface area contributed by atoms with Crippen LogP contribution >= 0.6 is 0 Å². The molecule has 1 N–H and O–H groups in total. The van der Waals surface area contributed by atoms with Crippen molar-refractivity contribution in [3.05, 3.63) is 34.9 Å². The van der Waals surface area contributed by atoms with Crippen molar-refractivity contribution in [3.8, 4) is 0 Å². The van der Waals surface area contributed by atoms with Crippen molar-refractivity contribution in [1.29, 1.82) is 0 Å². The van der Waals surface area contributed by atoms with Gasteiger partial charge in [-0.15, -0.1) is 0 Å². The zero-order chi connectivity index (χ0) is 14.5. The van der Waals surface area contributed by atoms with Gasteiger partial charge >= 0.3 is 0 Å². The van der Waals surface area contributed by atoms with Crippen LogP contribution in [0, 0.1) is 19.8 Å². The van der Waals surface area contributed by atoms with E-state index < -0.39 is 0 Å². The Labute approximate surface area is 119 Å². The predicted octanol–water partition coefficient (Wildman–Crippen LogP) is 4.61. The molecule has 0 radical (unpaired) electrons. The highest BCUT2D eigenvalue weighted by Crippen LogP contribution is 2.32. The van der Waals surface area contributed by atoms with Crippen LogP contribution < -0.4 is 5.32 Å². The fourth-order valence-corrected chi connectivity index (χ4v) is 2.68. The lowest BCUT2D eigenvalue weighted by Crippen LogP contribution is -2.38. The molecule has 0 bridgehead atoms. The summed E-state index contributed by atoms with van der Waals surface area (Å²) >= 11 is 0. The van der Waals surface area contributed by atoms with E-state index in [-0.39, 0.29) is 5.41 Å². The van der Waals surface area contributed by atoms with Crippen LogP contribution in [0.5, 0.6) is 0 Å². The second-order valence-electron chi connectivity index (χ2n) is 6.31. The Morgan fingerprint density at radius 1 is 1.05 bits per heavy atom. The van der Waals surface area contributed by atoms with Gasteiger partial charge in [-0.05, 0) is 55.8 Å². The Morgan fingerprint density at radius 2 is 1.68 bits per heavy atom. The van der Waals surface area contributed by atoms with Crippen molar-refractivity contribution >= 4 is 0 Å². The molecule has 1 nitrogen and oxygen atoms in total. The van der Waals surface area contributed by atoms with Gasteiger partial charge in [-0.1, -0.05) is 45.9 Å². The molecule has 0 amide bonds. The second-order valence-corrected chi connectivity index (χ2v) is 6.31. The molecule has 1 rings (SSSR count). The van der Waals surface area contributed by atoms with Gasteiger partial charge in [0.05, 0.1) is 0 Å². The van der Waals surface area contributed by atoms with Crippen LogP contribution in [0.4, 0.5) is 0 Å². The van der Waals surface area contributed by atoms with Crippen LogP contribution in [0.25, 0.3) is 0 Å². The first-order valence-corrected chi connectivity index (χ1v) is 7.73. The third-order valence-electron chi connectivity index (χ3n) is 4.49. The highest BCUT2D eigenvalue weighted by molar-refractivity contribution is 5.35. The van der Waals surface area contributed by atoms with Crippen LogP contribution in [0.1, 0.15) is 57.2 Å². The van der Waals surface area contributed by atoms with Gasteiger partial charge in [0.2, 0.25) is 0 Å². The van der Waals surface area contributed by atoms with E-state index in [1.165, 1.54) is 29.5 Å². The Balaban J connectivity index is 2.93. The monoisotopic (exact) mass is 261 g/mol. The normalized spacial score (nSPS) is 12.2. The molecule has 108 valence electrons. The summed E-state index contributed by atoms with van der Waals surface area (Å²) in [6.45, 7) is 15.8. The molecule has 1 heteroatoms. The van der Waals surface area contributed by atoms with Gasteiger partial charge in [0.15, 0.2) is 0 Å². The number of nitrogens with one attached hydrogen (secondary N) is 1. The Kier molecular flexibility index (Phi) is 6.06. The summed E-state index contributed by atoms with van der Waals surface area (Å²) in [5, 5.41) is 3.66. The maximum Gasteiger partial charge on any atom is 0.00726 e. The summed E-state index contributed by atoms with van der Waals surface area (Å²) in [4.78, 5) is 0. The van der Waals surface area contributed by atoms with Crippen LogP contribution in [-0.2, 0) is 5.41 Å². The smallest absolute Gasteiger partial charge is 0.00726 e. The van der Waals surface area contributed by atoms with E-state index in [1.807, 2.05) is 0 Å². The zero-order valence-electron chi connectivity index (χ0n) is 13.6. The fourth-order valence-electron chi connectivity index (χ4n) is 2.68. The molecule has 1 aromatic rings. The average Bonchev–Trinajstić information content (AvgIpc) is 2.38. The minimum atomic E-state index is 0.285. The molecule has 0 aromatic heterocycles. The van der Waals surface area contributed by atoms with E-state index >= 15 is 0 Å². The van der Waals surface area contributed by atoms with E-state index in [4.69, 9.17) is 0 Å². The van der Waals surface area contributed by atoms with E-state index in [0.29, 0.717) is 5.92 Å². The van der Waals surface area contributed by atoms with E-state index in [9.17, 15) is 0 Å². The van der Waals surface area contributed by atoms with Gasteiger partial charge in [-0.2, -0.15) is 0 Å². The molecule has 0 saturated heterocycles. The summed E-state index contributed by atoms with van der Waals surface area (Å²) < 4.78 is 0. The fraction of sp³-hybridized carbons (Fsp3) is 0.667. The maximum atomic E-state index is 3.66. The average molecular weight is 261 g/mol. The second kappa shape index (κ2) is 7.09. The van der Waals surface area contributed by atoms with Gasteiger partial charge < -0.3 is 5.32 Å². The first kappa shape index (κ1) is 16.2. The molecule has 19 heavy (non-hydrogen) atoms. The summed E-state index contributed by atoms with van der Waals surface area (Å²) in [6.07, 6.45) is 2.38. The Hall–Kier alpha value is -0.820. The summed E-state index contributed by atoms with van der Waals surface area (Å²) in [5.74, 6) is 0.714. The Bertz CT molecular complexity index is 389. The third kappa shape index (κ3) is 4.07. The predicted molar refractivity (Wildman–Crippen MR) is 85.9 cm³/mol. The SMILES string of the molecule is CCC(CC)(CNCC(C)C)c1ccc(C)c(C)c1. The molecule has 0 aliphatic carbocycles. The maximum absolute atomic E-state index is 3.66. The lowest BCUT2D eigenvalue weighted by atomic mass is 9.75. The van der Waals surface area contributed by atoms with Crippen LogP contribution in [0.3, 0.4) is 0 Å². The van der Waals surface area contributed by atoms with Gasteiger partial charge in [-0.3, -0.25) is 0 Å². The summed E-state index contributed by atoms with van der Waals surface area (Å²) in [7, 11) is 0.